The molecule has 0 spiro atoms. The minimum atomic E-state index is -3.59. The zero-order chi connectivity index (χ0) is 20.5. The summed E-state index contributed by atoms with van der Waals surface area (Å²) in [4.78, 5) is 0. The predicted octanol–water partition coefficient (Wildman–Crippen LogP) is 4.20. The summed E-state index contributed by atoms with van der Waals surface area (Å²) in [5, 5.41) is 14.9. The van der Waals surface area contributed by atoms with Crippen LogP contribution < -0.4 is 0 Å². The number of rotatable bonds is 2. The molecule has 0 aromatic carbocycles. The van der Waals surface area contributed by atoms with Gasteiger partial charge in [0.1, 0.15) is 0 Å². The van der Waals surface area contributed by atoms with E-state index in [0.29, 0.717) is 29.9 Å². The molecule has 0 aromatic heterocycles. The van der Waals surface area contributed by atoms with Gasteiger partial charge in [-0.3, -0.25) is 4.28 Å². The summed E-state index contributed by atoms with van der Waals surface area (Å²) in [7, 11) is -3.59. The van der Waals surface area contributed by atoms with E-state index in [2.05, 4.69) is 29.9 Å². The lowest BCUT2D eigenvalue weighted by molar-refractivity contribution is -0.113. The molecule has 4 rings (SSSR count). The van der Waals surface area contributed by atoms with Crippen molar-refractivity contribution in [1.29, 1.82) is 0 Å². The maximum atomic E-state index is 11.3. The Morgan fingerprint density at radius 1 is 1.18 bits per heavy atom. The molecule has 5 nitrogen and oxygen atoms in total. The smallest absolute Gasteiger partial charge is 0.325 e. The number of nitrogens with zero attached hydrogens (tertiary/aromatic N) is 1. The number of fused-ring (bicyclic) bond motifs is 5. The first-order valence-electron chi connectivity index (χ1n) is 10.5. The van der Waals surface area contributed by atoms with Crippen LogP contribution in [0.1, 0.15) is 65.7 Å². The number of oxime groups is 1. The Hall–Kier alpha value is -1.14. The standard InChI is InChI=1S/C22H33NO4S/c1-14-12-16-17(7-10-21(3)18(16)8-11-22(21,4)24)20(2)9-6-15(13-19(14)20)23-27-28(5,25)26/h13,16-18,24H,1,6-12H2,2-5H3/b23-15+/t16-,17+,18+,20-,21+,22+/m1/s1. The number of allylic oxidation sites excluding steroid dienone is 3. The fourth-order valence-corrected chi connectivity index (χ4v) is 7.24. The molecule has 0 radical (unpaired) electrons. The molecule has 0 unspecified atom stereocenters. The van der Waals surface area contributed by atoms with Crippen LogP contribution in [0.15, 0.2) is 29.0 Å². The zero-order valence-corrected chi connectivity index (χ0v) is 18.3. The second-order valence-corrected chi connectivity index (χ2v) is 11.8. The summed E-state index contributed by atoms with van der Waals surface area (Å²) in [6.45, 7) is 11.1. The van der Waals surface area contributed by atoms with Crippen LogP contribution in [0.4, 0.5) is 0 Å². The molecule has 0 bridgehead atoms. The number of hydrogen-bond donors (Lipinski definition) is 1. The Bertz CT molecular complexity index is 871. The Kier molecular flexibility index (Phi) is 4.45. The molecular formula is C22H33NO4S. The second-order valence-electron chi connectivity index (χ2n) is 10.3. The molecule has 3 saturated carbocycles. The molecule has 6 heteroatoms. The normalized spacial score (nSPS) is 47.2. The molecule has 0 aliphatic heterocycles. The van der Waals surface area contributed by atoms with Gasteiger partial charge in [-0.15, -0.1) is 0 Å². The number of hydrogen-bond acceptors (Lipinski definition) is 5. The Balaban J connectivity index is 1.66. The monoisotopic (exact) mass is 407 g/mol. The quantitative estimate of drug-likeness (QED) is 0.696. The van der Waals surface area contributed by atoms with Crippen molar-refractivity contribution in [2.24, 2.45) is 33.7 Å². The van der Waals surface area contributed by atoms with Gasteiger partial charge in [0.25, 0.3) is 0 Å². The van der Waals surface area contributed by atoms with Gasteiger partial charge in [0, 0.05) is 0 Å². The van der Waals surface area contributed by atoms with E-state index in [1.54, 1.807) is 0 Å². The van der Waals surface area contributed by atoms with Crippen molar-refractivity contribution < 1.29 is 17.8 Å². The zero-order valence-electron chi connectivity index (χ0n) is 17.5. The predicted molar refractivity (Wildman–Crippen MR) is 110 cm³/mol. The highest BCUT2D eigenvalue weighted by molar-refractivity contribution is 7.85. The van der Waals surface area contributed by atoms with Crippen LogP contribution in [0, 0.1) is 28.6 Å². The van der Waals surface area contributed by atoms with Crippen molar-refractivity contribution in [3.05, 3.63) is 23.8 Å². The van der Waals surface area contributed by atoms with Crippen LogP contribution in [0.5, 0.6) is 0 Å². The molecular weight excluding hydrogens is 374 g/mol. The number of aliphatic hydroxyl groups is 1. The highest BCUT2D eigenvalue weighted by Gasteiger charge is 2.62. The third kappa shape index (κ3) is 2.90. The van der Waals surface area contributed by atoms with Gasteiger partial charge in [-0.1, -0.05) is 31.2 Å². The van der Waals surface area contributed by atoms with Crippen LogP contribution in [-0.2, 0) is 14.4 Å². The van der Waals surface area contributed by atoms with Crippen molar-refractivity contribution in [2.75, 3.05) is 6.26 Å². The van der Waals surface area contributed by atoms with Crippen molar-refractivity contribution in [1.82, 2.24) is 0 Å². The topological polar surface area (TPSA) is 76.0 Å². The molecule has 4 aliphatic carbocycles. The average Bonchev–Trinajstić information content (AvgIpc) is 2.83. The lowest BCUT2D eigenvalue weighted by atomic mass is 9.46. The first kappa shape index (κ1) is 20.1. The molecule has 1 N–H and O–H groups in total. The Morgan fingerprint density at radius 2 is 1.86 bits per heavy atom. The maximum Gasteiger partial charge on any atom is 0.325 e. The summed E-state index contributed by atoms with van der Waals surface area (Å²) >= 11 is 0. The van der Waals surface area contributed by atoms with Crippen molar-refractivity contribution in [2.45, 2.75) is 71.3 Å². The highest BCUT2D eigenvalue weighted by atomic mass is 32.2. The molecule has 6 atom stereocenters. The minimum absolute atomic E-state index is 0.00334. The van der Waals surface area contributed by atoms with Crippen molar-refractivity contribution in [3.8, 4) is 0 Å². The molecule has 0 heterocycles. The molecule has 3 fully saturated rings. The average molecular weight is 408 g/mol. The van der Waals surface area contributed by atoms with Crippen molar-refractivity contribution in [3.63, 3.8) is 0 Å². The SMILES string of the molecule is C=C1C[C@@H]2[C@H](CC[C@@]3(C)[C@H]2CC[C@]3(C)O)[C@@]2(C)CC/C(=N\OS(C)(=O)=O)C=C12. The van der Waals surface area contributed by atoms with Crippen LogP contribution in [0.25, 0.3) is 0 Å². The van der Waals surface area contributed by atoms with E-state index in [9.17, 15) is 13.5 Å². The van der Waals surface area contributed by atoms with Crippen LogP contribution in [0.3, 0.4) is 0 Å². The first-order chi connectivity index (χ1) is 12.9. The minimum Gasteiger partial charge on any atom is -0.390 e. The maximum absolute atomic E-state index is 11.3. The van der Waals surface area contributed by atoms with Gasteiger partial charge in [0.15, 0.2) is 0 Å². The van der Waals surface area contributed by atoms with E-state index in [0.717, 1.165) is 50.4 Å². The fraction of sp³-hybridized carbons (Fsp3) is 0.773. The molecule has 0 saturated heterocycles. The lowest BCUT2D eigenvalue weighted by Gasteiger charge is -2.59. The third-order valence-electron chi connectivity index (χ3n) is 8.80. The summed E-state index contributed by atoms with van der Waals surface area (Å²) < 4.78 is 27.2. The Morgan fingerprint density at radius 3 is 2.54 bits per heavy atom. The second kappa shape index (κ2) is 6.18. The van der Waals surface area contributed by atoms with Gasteiger partial charge >= 0.3 is 10.1 Å². The van der Waals surface area contributed by atoms with Crippen LogP contribution in [0.2, 0.25) is 0 Å². The van der Waals surface area contributed by atoms with E-state index in [4.69, 9.17) is 0 Å². The summed E-state index contributed by atoms with van der Waals surface area (Å²) in [6.07, 6.45) is 9.83. The van der Waals surface area contributed by atoms with E-state index in [-0.39, 0.29) is 10.8 Å². The van der Waals surface area contributed by atoms with Gasteiger partial charge in [0.2, 0.25) is 0 Å². The summed E-state index contributed by atoms with van der Waals surface area (Å²) in [5.74, 6) is 1.68. The molecule has 4 aliphatic rings. The summed E-state index contributed by atoms with van der Waals surface area (Å²) in [5.41, 5.74) is 2.52. The van der Waals surface area contributed by atoms with Crippen molar-refractivity contribution >= 4 is 15.8 Å². The van der Waals surface area contributed by atoms with Crippen LogP contribution >= 0.6 is 0 Å². The fourth-order valence-electron chi connectivity index (χ4n) is 7.01. The van der Waals surface area contributed by atoms with E-state index < -0.39 is 15.7 Å². The van der Waals surface area contributed by atoms with E-state index in [1.807, 2.05) is 13.0 Å². The highest BCUT2D eigenvalue weighted by Crippen LogP contribution is 2.68. The largest absolute Gasteiger partial charge is 0.390 e. The Labute approximate surface area is 169 Å². The van der Waals surface area contributed by atoms with Gasteiger partial charge in [-0.2, -0.15) is 8.42 Å². The van der Waals surface area contributed by atoms with Gasteiger partial charge in [-0.05, 0) is 92.1 Å². The lowest BCUT2D eigenvalue weighted by Crippen LogP contribution is -2.54. The van der Waals surface area contributed by atoms with Crippen LogP contribution in [-0.4, -0.2) is 31.1 Å². The van der Waals surface area contributed by atoms with Gasteiger partial charge < -0.3 is 5.11 Å². The van der Waals surface area contributed by atoms with E-state index >= 15 is 0 Å². The van der Waals surface area contributed by atoms with Gasteiger partial charge in [-0.25, -0.2) is 0 Å². The van der Waals surface area contributed by atoms with Gasteiger partial charge in [0.05, 0.1) is 17.6 Å². The molecule has 28 heavy (non-hydrogen) atoms. The molecule has 0 aromatic rings. The van der Waals surface area contributed by atoms with E-state index in [1.165, 1.54) is 5.57 Å². The first-order valence-corrected chi connectivity index (χ1v) is 12.3. The molecule has 156 valence electrons. The summed E-state index contributed by atoms with van der Waals surface area (Å²) in [6, 6.07) is 0. The molecule has 0 amide bonds. The third-order valence-corrected chi connectivity index (χ3v) is 9.14.